The highest BCUT2D eigenvalue weighted by molar-refractivity contribution is 6.32. The van der Waals surface area contributed by atoms with Crippen molar-refractivity contribution in [2.45, 2.75) is 27.3 Å². The predicted molar refractivity (Wildman–Crippen MR) is 124 cm³/mol. The van der Waals surface area contributed by atoms with Crippen LogP contribution in [0, 0.1) is 32.1 Å². The summed E-state index contributed by atoms with van der Waals surface area (Å²) in [6.45, 7) is 4.72. The van der Waals surface area contributed by atoms with Gasteiger partial charge in [-0.05, 0) is 67.3 Å². The number of ketones is 1. The van der Waals surface area contributed by atoms with E-state index in [1.165, 1.54) is 6.92 Å². The normalized spacial score (nSPS) is 11.9. The number of aryl methyl sites for hydroxylation is 2. The maximum Gasteiger partial charge on any atom is 0.271 e. The third kappa shape index (κ3) is 4.18. The average molecular weight is 481 g/mol. The molecule has 0 saturated carbocycles. The maximum atomic E-state index is 13.1. The number of aromatic hydroxyl groups is 1. The number of carbonyl (C=O) groups excluding carboxylic acids is 1. The van der Waals surface area contributed by atoms with Crippen molar-refractivity contribution in [3.63, 3.8) is 0 Å². The van der Waals surface area contributed by atoms with Crippen LogP contribution in [0.4, 0.5) is 0 Å². The minimum Gasteiger partial charge on any atom is -0.494 e. The van der Waals surface area contributed by atoms with Gasteiger partial charge in [-0.1, -0.05) is 17.7 Å². The summed E-state index contributed by atoms with van der Waals surface area (Å²) in [6.07, 6.45) is 0. The van der Waals surface area contributed by atoms with Crippen LogP contribution in [-0.4, -0.2) is 28.9 Å². The Morgan fingerprint density at radius 3 is 2.53 bits per heavy atom. The molecule has 0 unspecified atom stereocenters. The molecular weight excluding hydrogens is 460 g/mol. The Bertz CT molecular complexity index is 1400. The van der Waals surface area contributed by atoms with Crippen molar-refractivity contribution in [2.24, 2.45) is 0 Å². The van der Waals surface area contributed by atoms with Crippen LogP contribution in [-0.2, 0) is 6.54 Å². The molecule has 0 fully saturated rings. The first-order valence-corrected chi connectivity index (χ1v) is 10.8. The topological polar surface area (TPSA) is 111 Å². The van der Waals surface area contributed by atoms with Gasteiger partial charge in [0.2, 0.25) is 18.5 Å². The summed E-state index contributed by atoms with van der Waals surface area (Å²) in [5.41, 5.74) is 1.26. The molecule has 1 aromatic heterocycles. The Morgan fingerprint density at radius 1 is 1.18 bits per heavy atom. The molecule has 9 heteroatoms. The van der Waals surface area contributed by atoms with Crippen LogP contribution in [0.25, 0.3) is 0 Å². The SMILES string of the molecule is Cc1cc(OCC(=O)c2c(C)c(C#N)c(=O)n(Cc3ccc4c(c3)OCO4)c2O)cc(C)c1Cl. The zero-order chi connectivity index (χ0) is 24.6. The van der Waals surface area contributed by atoms with Crippen LogP contribution in [0.1, 0.15) is 38.2 Å². The molecule has 3 aromatic rings. The number of nitrogens with zero attached hydrogens (tertiary/aromatic N) is 2. The fourth-order valence-electron chi connectivity index (χ4n) is 3.86. The lowest BCUT2D eigenvalue weighted by atomic mass is 10.0. The standard InChI is InChI=1S/C25H21ClN2O6/c1-13-6-17(7-14(2)23(13)26)32-11-19(29)22-15(3)18(9-27)24(30)28(25(22)31)10-16-4-5-20-21(8-16)34-12-33-20/h4-8,31H,10-12H2,1-3H3. The number of ether oxygens (including phenoxy) is 3. The highest BCUT2D eigenvalue weighted by atomic mass is 35.5. The van der Waals surface area contributed by atoms with Gasteiger partial charge in [-0.2, -0.15) is 5.26 Å². The van der Waals surface area contributed by atoms with Crippen molar-refractivity contribution in [3.05, 3.63) is 79.1 Å². The lowest BCUT2D eigenvalue weighted by Crippen LogP contribution is -2.28. The van der Waals surface area contributed by atoms with Crippen molar-refractivity contribution >= 4 is 17.4 Å². The summed E-state index contributed by atoms with van der Waals surface area (Å²) in [5, 5.41) is 21.1. The van der Waals surface area contributed by atoms with Gasteiger partial charge < -0.3 is 19.3 Å². The molecule has 0 amide bonds. The fourth-order valence-corrected chi connectivity index (χ4v) is 3.97. The van der Waals surface area contributed by atoms with Gasteiger partial charge in [0.05, 0.1) is 12.1 Å². The number of nitriles is 1. The number of rotatable bonds is 6. The van der Waals surface area contributed by atoms with Gasteiger partial charge in [-0.25, -0.2) is 0 Å². The van der Waals surface area contributed by atoms with Gasteiger partial charge in [0, 0.05) is 5.02 Å². The van der Waals surface area contributed by atoms with Gasteiger partial charge in [0.25, 0.3) is 5.56 Å². The molecule has 4 rings (SSSR count). The number of fused-ring (bicyclic) bond motifs is 1. The van der Waals surface area contributed by atoms with Crippen LogP contribution in [0.3, 0.4) is 0 Å². The summed E-state index contributed by atoms with van der Waals surface area (Å²) in [5.74, 6) is 0.421. The number of Topliss-reactive ketones (excluding diaryl/α,β-unsaturated/α-hetero) is 1. The summed E-state index contributed by atoms with van der Waals surface area (Å²) >= 11 is 6.18. The second kappa shape index (κ2) is 9.12. The molecule has 174 valence electrons. The zero-order valence-electron chi connectivity index (χ0n) is 18.8. The molecule has 0 atom stereocenters. The Morgan fingerprint density at radius 2 is 1.85 bits per heavy atom. The molecule has 34 heavy (non-hydrogen) atoms. The largest absolute Gasteiger partial charge is 0.494 e. The first kappa shape index (κ1) is 23.2. The third-order valence-electron chi connectivity index (χ3n) is 5.64. The van der Waals surface area contributed by atoms with E-state index in [1.807, 2.05) is 19.9 Å². The Labute approximate surface area is 200 Å². The van der Waals surface area contributed by atoms with E-state index in [-0.39, 0.29) is 30.0 Å². The Balaban J connectivity index is 1.68. The van der Waals surface area contributed by atoms with E-state index in [1.54, 1.807) is 30.3 Å². The molecule has 0 bridgehead atoms. The first-order chi connectivity index (χ1) is 16.2. The molecule has 0 spiro atoms. The smallest absolute Gasteiger partial charge is 0.271 e. The highest BCUT2D eigenvalue weighted by Gasteiger charge is 2.25. The lowest BCUT2D eigenvalue weighted by Gasteiger charge is -2.16. The van der Waals surface area contributed by atoms with Gasteiger partial charge in [-0.3, -0.25) is 14.2 Å². The molecular formula is C25H21ClN2O6. The van der Waals surface area contributed by atoms with Crippen LogP contribution in [0.15, 0.2) is 35.1 Å². The van der Waals surface area contributed by atoms with Crippen molar-refractivity contribution in [1.29, 1.82) is 5.26 Å². The maximum absolute atomic E-state index is 13.1. The van der Waals surface area contributed by atoms with E-state index in [0.29, 0.717) is 27.8 Å². The van der Waals surface area contributed by atoms with Crippen molar-refractivity contribution in [1.82, 2.24) is 4.57 Å². The number of pyridine rings is 1. The number of benzene rings is 2. The van der Waals surface area contributed by atoms with E-state index >= 15 is 0 Å². The van der Waals surface area contributed by atoms with Crippen LogP contribution >= 0.6 is 11.6 Å². The number of hydrogen-bond acceptors (Lipinski definition) is 7. The van der Waals surface area contributed by atoms with E-state index in [9.17, 15) is 20.0 Å². The summed E-state index contributed by atoms with van der Waals surface area (Å²) in [6, 6.07) is 10.3. The van der Waals surface area contributed by atoms with Gasteiger partial charge in [0.1, 0.15) is 17.4 Å². The fraction of sp³-hybridized carbons (Fsp3) is 0.240. The van der Waals surface area contributed by atoms with E-state index < -0.39 is 23.8 Å². The molecule has 0 saturated heterocycles. The van der Waals surface area contributed by atoms with Crippen LogP contribution < -0.4 is 19.8 Å². The second-order valence-electron chi connectivity index (χ2n) is 7.97. The molecule has 1 aliphatic heterocycles. The summed E-state index contributed by atoms with van der Waals surface area (Å²) in [4.78, 5) is 26.0. The molecule has 1 N–H and O–H groups in total. The summed E-state index contributed by atoms with van der Waals surface area (Å²) < 4.78 is 17.3. The van der Waals surface area contributed by atoms with Gasteiger partial charge >= 0.3 is 0 Å². The van der Waals surface area contributed by atoms with E-state index in [4.69, 9.17) is 25.8 Å². The lowest BCUT2D eigenvalue weighted by molar-refractivity contribution is 0.0916. The van der Waals surface area contributed by atoms with Crippen molar-refractivity contribution in [2.75, 3.05) is 13.4 Å². The molecule has 2 heterocycles. The molecule has 0 radical (unpaired) electrons. The highest BCUT2D eigenvalue weighted by Crippen LogP contribution is 2.33. The number of aromatic nitrogens is 1. The quantitative estimate of drug-likeness (QED) is 0.530. The Hall–Kier alpha value is -3.96. The number of carbonyl (C=O) groups is 1. The van der Waals surface area contributed by atoms with Gasteiger partial charge in [0.15, 0.2) is 18.1 Å². The minimum atomic E-state index is -0.698. The van der Waals surface area contributed by atoms with Crippen molar-refractivity contribution in [3.8, 4) is 29.2 Å². The van der Waals surface area contributed by atoms with E-state index in [2.05, 4.69) is 0 Å². The number of halogens is 1. The molecule has 2 aromatic carbocycles. The van der Waals surface area contributed by atoms with Crippen LogP contribution in [0.5, 0.6) is 23.1 Å². The van der Waals surface area contributed by atoms with Gasteiger partial charge in [-0.15, -0.1) is 0 Å². The molecule has 8 nitrogen and oxygen atoms in total. The monoisotopic (exact) mass is 480 g/mol. The Kier molecular flexibility index (Phi) is 6.22. The zero-order valence-corrected chi connectivity index (χ0v) is 19.5. The predicted octanol–water partition coefficient (Wildman–Crippen LogP) is 4.04. The second-order valence-corrected chi connectivity index (χ2v) is 8.35. The first-order valence-electron chi connectivity index (χ1n) is 10.4. The van der Waals surface area contributed by atoms with Crippen LogP contribution in [0.2, 0.25) is 5.02 Å². The van der Waals surface area contributed by atoms with E-state index in [0.717, 1.165) is 15.7 Å². The molecule has 0 aliphatic carbocycles. The molecule has 1 aliphatic rings. The third-order valence-corrected chi connectivity index (χ3v) is 6.23. The average Bonchev–Trinajstić information content (AvgIpc) is 3.27. The van der Waals surface area contributed by atoms with Crippen molar-refractivity contribution < 1.29 is 24.1 Å². The minimum absolute atomic E-state index is 0.0764. The summed E-state index contributed by atoms with van der Waals surface area (Å²) in [7, 11) is 0. The number of hydrogen-bond donors (Lipinski definition) is 1.